The fourth-order valence-electron chi connectivity index (χ4n) is 2.88. The third kappa shape index (κ3) is 4.68. The van der Waals surface area contributed by atoms with Crippen LogP contribution in [0.25, 0.3) is 0 Å². The molecular weight excluding hydrogens is 372 g/mol. The van der Waals surface area contributed by atoms with Gasteiger partial charge in [-0.3, -0.25) is 4.18 Å². The number of hydrogen-bond acceptors (Lipinski definition) is 4. The van der Waals surface area contributed by atoms with Crippen LogP contribution in [0.15, 0.2) is 77.7 Å². The first-order valence-corrected chi connectivity index (χ1v) is 10.5. The van der Waals surface area contributed by atoms with Gasteiger partial charge in [0.15, 0.2) is 0 Å². The highest BCUT2D eigenvalue weighted by Crippen LogP contribution is 2.35. The summed E-state index contributed by atoms with van der Waals surface area (Å²) in [4.78, 5) is 0.0614. The predicted octanol–water partition coefficient (Wildman–Crippen LogP) is 4.79. The van der Waals surface area contributed by atoms with Crippen LogP contribution in [0.4, 0.5) is 0 Å². The molecular formula is C23H24O4S. The Morgan fingerprint density at radius 3 is 1.54 bits per heavy atom. The van der Waals surface area contributed by atoms with E-state index in [2.05, 4.69) is 0 Å². The van der Waals surface area contributed by atoms with Crippen molar-refractivity contribution in [1.29, 1.82) is 0 Å². The summed E-state index contributed by atoms with van der Waals surface area (Å²) in [6.45, 7) is 5.78. The highest BCUT2D eigenvalue weighted by molar-refractivity contribution is 7.86. The zero-order valence-corrected chi connectivity index (χ0v) is 17.0. The fourth-order valence-corrected chi connectivity index (χ4v) is 3.95. The van der Waals surface area contributed by atoms with E-state index in [1.807, 2.05) is 45.0 Å². The quantitative estimate of drug-likeness (QED) is 0.609. The molecule has 0 aliphatic rings. The van der Waals surface area contributed by atoms with E-state index < -0.39 is 22.3 Å². The number of hydrogen-bond donors (Lipinski definition) is 1. The highest BCUT2D eigenvalue weighted by Gasteiger charge is 2.30. The van der Waals surface area contributed by atoms with Gasteiger partial charge in [0.1, 0.15) is 12.2 Å². The molecule has 4 nitrogen and oxygen atoms in total. The van der Waals surface area contributed by atoms with Crippen LogP contribution in [0.3, 0.4) is 0 Å². The van der Waals surface area contributed by atoms with Gasteiger partial charge in [-0.25, -0.2) is 0 Å². The van der Waals surface area contributed by atoms with Crippen LogP contribution in [0, 0.1) is 20.8 Å². The molecule has 3 rings (SSSR count). The second-order valence-corrected chi connectivity index (χ2v) is 8.62. The van der Waals surface area contributed by atoms with E-state index in [0.29, 0.717) is 11.1 Å². The van der Waals surface area contributed by atoms with Crippen LogP contribution in [0.5, 0.6) is 0 Å². The van der Waals surface area contributed by atoms with Crippen LogP contribution in [-0.2, 0) is 14.3 Å². The molecule has 0 spiro atoms. The third-order valence-corrected chi connectivity index (χ3v) is 5.96. The minimum atomic E-state index is -4.06. The van der Waals surface area contributed by atoms with Crippen LogP contribution in [-0.4, -0.2) is 13.5 Å². The third-order valence-electron chi connectivity index (χ3n) is 4.65. The van der Waals surface area contributed by atoms with E-state index in [0.717, 1.165) is 16.7 Å². The molecule has 28 heavy (non-hydrogen) atoms. The average Bonchev–Trinajstić information content (AvgIpc) is 2.67. The Morgan fingerprint density at radius 2 is 1.07 bits per heavy atom. The summed E-state index contributed by atoms with van der Waals surface area (Å²) in [6, 6.07) is 21.1. The number of aliphatic hydroxyl groups is 1. The zero-order chi connectivity index (χ0) is 20.3. The lowest BCUT2D eigenvalue weighted by Gasteiger charge is -2.24. The summed E-state index contributed by atoms with van der Waals surface area (Å²) in [5, 5.41) is 11.0. The average molecular weight is 397 g/mol. The van der Waals surface area contributed by atoms with Gasteiger partial charge in [0.05, 0.1) is 4.90 Å². The highest BCUT2D eigenvalue weighted by atomic mass is 32.2. The van der Waals surface area contributed by atoms with Gasteiger partial charge in [0, 0.05) is 0 Å². The summed E-state index contributed by atoms with van der Waals surface area (Å²) in [7, 11) is -4.06. The van der Waals surface area contributed by atoms with Crippen LogP contribution in [0.1, 0.15) is 40.0 Å². The van der Waals surface area contributed by atoms with E-state index in [9.17, 15) is 13.5 Å². The van der Waals surface area contributed by atoms with Crippen molar-refractivity contribution in [3.63, 3.8) is 0 Å². The minimum Gasteiger partial charge on any atom is -0.385 e. The van der Waals surface area contributed by atoms with E-state index in [-0.39, 0.29) is 4.90 Å². The van der Waals surface area contributed by atoms with Gasteiger partial charge >= 0.3 is 0 Å². The monoisotopic (exact) mass is 396 g/mol. The van der Waals surface area contributed by atoms with Crippen molar-refractivity contribution < 1.29 is 17.7 Å². The summed E-state index contributed by atoms with van der Waals surface area (Å²) in [5.41, 5.74) is 4.23. The normalized spacial score (nSPS) is 13.9. The van der Waals surface area contributed by atoms with Gasteiger partial charge < -0.3 is 5.11 Å². The smallest absolute Gasteiger partial charge is 0.297 e. The first-order valence-electron chi connectivity index (χ1n) is 9.07. The maximum Gasteiger partial charge on any atom is 0.297 e. The van der Waals surface area contributed by atoms with Gasteiger partial charge in [-0.15, -0.1) is 0 Å². The summed E-state index contributed by atoms with van der Waals surface area (Å²) >= 11 is 0. The minimum absolute atomic E-state index is 0.0614. The maximum absolute atomic E-state index is 12.9. The van der Waals surface area contributed by atoms with E-state index in [4.69, 9.17) is 4.18 Å². The molecule has 0 radical (unpaired) electrons. The summed E-state index contributed by atoms with van der Waals surface area (Å²) in [6.07, 6.45) is -2.20. The van der Waals surface area contributed by atoms with Crippen molar-refractivity contribution in [3.8, 4) is 0 Å². The molecule has 2 unspecified atom stereocenters. The first kappa shape index (κ1) is 20.3. The van der Waals surface area contributed by atoms with Gasteiger partial charge in [-0.2, -0.15) is 8.42 Å². The predicted molar refractivity (Wildman–Crippen MR) is 110 cm³/mol. The largest absolute Gasteiger partial charge is 0.385 e. The molecule has 0 heterocycles. The summed E-state index contributed by atoms with van der Waals surface area (Å²) in [5.74, 6) is 0. The van der Waals surface area contributed by atoms with Crippen molar-refractivity contribution in [2.75, 3.05) is 0 Å². The van der Waals surface area contributed by atoms with Crippen molar-refractivity contribution in [3.05, 3.63) is 101 Å². The van der Waals surface area contributed by atoms with Gasteiger partial charge in [-0.1, -0.05) is 77.4 Å². The maximum atomic E-state index is 12.9. The Bertz CT molecular complexity index is 1020. The molecule has 0 fully saturated rings. The van der Waals surface area contributed by atoms with E-state index in [1.54, 1.807) is 36.4 Å². The molecule has 0 aliphatic heterocycles. The SMILES string of the molecule is Cc1ccc(C(O)C(OS(=O)(=O)c2ccc(C)cc2)c2ccc(C)cc2)cc1. The molecule has 2 atom stereocenters. The molecule has 0 saturated heterocycles. The summed E-state index contributed by atoms with van der Waals surface area (Å²) < 4.78 is 31.3. The molecule has 0 aliphatic carbocycles. The molecule has 0 amide bonds. The Hall–Kier alpha value is -2.47. The number of aliphatic hydroxyl groups excluding tert-OH is 1. The van der Waals surface area contributed by atoms with Crippen LogP contribution in [0.2, 0.25) is 0 Å². The van der Waals surface area contributed by atoms with E-state index >= 15 is 0 Å². The number of benzene rings is 3. The van der Waals surface area contributed by atoms with Gasteiger partial charge in [0.2, 0.25) is 0 Å². The van der Waals surface area contributed by atoms with Crippen molar-refractivity contribution in [2.45, 2.75) is 37.9 Å². The lowest BCUT2D eigenvalue weighted by Crippen LogP contribution is -2.19. The molecule has 5 heteroatoms. The second-order valence-electron chi connectivity index (χ2n) is 7.05. The zero-order valence-electron chi connectivity index (χ0n) is 16.2. The molecule has 0 bridgehead atoms. The second kappa shape index (κ2) is 8.27. The topological polar surface area (TPSA) is 63.6 Å². The van der Waals surface area contributed by atoms with E-state index in [1.165, 1.54) is 12.1 Å². The molecule has 0 saturated carbocycles. The lowest BCUT2D eigenvalue weighted by molar-refractivity contribution is 0.0385. The first-order chi connectivity index (χ1) is 13.3. The Labute approximate surface area is 166 Å². The Balaban J connectivity index is 1.99. The molecule has 1 N–H and O–H groups in total. The van der Waals surface area contributed by atoms with Gasteiger partial charge in [0.25, 0.3) is 10.1 Å². The van der Waals surface area contributed by atoms with Crippen molar-refractivity contribution in [2.24, 2.45) is 0 Å². The molecule has 0 aromatic heterocycles. The van der Waals surface area contributed by atoms with Crippen molar-refractivity contribution >= 4 is 10.1 Å². The van der Waals surface area contributed by atoms with Crippen molar-refractivity contribution in [1.82, 2.24) is 0 Å². The molecule has 3 aromatic rings. The molecule has 3 aromatic carbocycles. The standard InChI is InChI=1S/C23H24O4S/c1-16-4-10-19(11-5-16)22(24)23(20-12-6-17(2)7-13-20)27-28(25,26)21-14-8-18(3)9-15-21/h4-15,22-24H,1-3H3. The Kier molecular flexibility index (Phi) is 5.98. The van der Waals surface area contributed by atoms with Crippen LogP contribution >= 0.6 is 0 Å². The molecule has 146 valence electrons. The number of aryl methyl sites for hydroxylation is 3. The van der Waals surface area contributed by atoms with Gasteiger partial charge in [-0.05, 0) is 44.0 Å². The number of rotatable bonds is 6. The lowest BCUT2D eigenvalue weighted by atomic mass is 9.97. The fraction of sp³-hybridized carbons (Fsp3) is 0.217. The Morgan fingerprint density at radius 1 is 0.679 bits per heavy atom. The van der Waals surface area contributed by atoms with Crippen LogP contribution < -0.4 is 0 Å².